The summed E-state index contributed by atoms with van der Waals surface area (Å²) in [7, 11) is 0. The van der Waals surface area contributed by atoms with Crippen molar-refractivity contribution in [2.24, 2.45) is 17.8 Å². The number of amides is 1. The fraction of sp³-hybridized carbons (Fsp3) is 0.545. The van der Waals surface area contributed by atoms with Crippen LogP contribution in [-0.2, 0) is 14.3 Å². The zero-order chi connectivity index (χ0) is 18.5. The standard InChI is InChI=1S/C22H27NO3/c1-14-19(15-8-5-4-6-9-15)21(25)23(13-26-14)22(2,3)20(24)17-11-7-10-16-12-18(16)17/h4-6,8-9,16-18H,7,10-13H2,1-3H3. The molecule has 1 aromatic rings. The van der Waals surface area contributed by atoms with Gasteiger partial charge < -0.3 is 4.74 Å². The first-order valence-electron chi connectivity index (χ1n) is 9.66. The Morgan fingerprint density at radius 2 is 1.92 bits per heavy atom. The lowest BCUT2D eigenvalue weighted by Crippen LogP contribution is -2.57. The number of carbonyl (C=O) groups excluding carboxylic acids is 2. The van der Waals surface area contributed by atoms with E-state index in [1.807, 2.05) is 51.1 Å². The maximum absolute atomic E-state index is 13.4. The Labute approximate surface area is 155 Å². The predicted molar refractivity (Wildman–Crippen MR) is 99.9 cm³/mol. The van der Waals surface area contributed by atoms with Gasteiger partial charge in [0.05, 0.1) is 11.1 Å². The van der Waals surface area contributed by atoms with E-state index in [9.17, 15) is 9.59 Å². The number of allylic oxidation sites excluding steroid dienone is 1. The highest BCUT2D eigenvalue weighted by Gasteiger charge is 2.53. The highest BCUT2D eigenvalue weighted by atomic mass is 16.5. The Morgan fingerprint density at radius 3 is 2.65 bits per heavy atom. The minimum absolute atomic E-state index is 0.101. The van der Waals surface area contributed by atoms with Gasteiger partial charge >= 0.3 is 0 Å². The highest BCUT2D eigenvalue weighted by Crippen LogP contribution is 2.54. The van der Waals surface area contributed by atoms with Crippen molar-refractivity contribution in [1.82, 2.24) is 4.90 Å². The van der Waals surface area contributed by atoms with Crippen LogP contribution in [0.15, 0.2) is 36.1 Å². The predicted octanol–water partition coefficient (Wildman–Crippen LogP) is 4.02. The van der Waals surface area contributed by atoms with Crippen LogP contribution in [0.1, 0.15) is 52.0 Å². The molecule has 0 spiro atoms. The third-order valence-electron chi connectivity index (χ3n) is 6.48. The second kappa shape index (κ2) is 6.26. The Bertz CT molecular complexity index is 765. The molecular weight excluding hydrogens is 326 g/mol. The molecule has 3 atom stereocenters. The van der Waals surface area contributed by atoms with E-state index in [0.29, 0.717) is 17.3 Å². The van der Waals surface area contributed by atoms with Gasteiger partial charge in [0.15, 0.2) is 12.5 Å². The van der Waals surface area contributed by atoms with Gasteiger partial charge in [-0.15, -0.1) is 0 Å². The second-order valence-electron chi connectivity index (χ2n) is 8.42. The largest absolute Gasteiger partial charge is 0.477 e. The average Bonchev–Trinajstić information content (AvgIpc) is 3.41. The lowest BCUT2D eigenvalue weighted by molar-refractivity contribution is -0.151. The molecule has 0 saturated heterocycles. The number of rotatable bonds is 4. The van der Waals surface area contributed by atoms with Crippen molar-refractivity contribution in [3.8, 4) is 0 Å². The van der Waals surface area contributed by atoms with E-state index in [1.165, 1.54) is 12.8 Å². The number of hydrogen-bond acceptors (Lipinski definition) is 3. The quantitative estimate of drug-likeness (QED) is 0.821. The molecule has 3 aliphatic rings. The molecule has 1 heterocycles. The summed E-state index contributed by atoms with van der Waals surface area (Å²) >= 11 is 0. The van der Waals surface area contributed by atoms with E-state index >= 15 is 0 Å². The van der Waals surface area contributed by atoms with Crippen molar-refractivity contribution in [3.63, 3.8) is 0 Å². The van der Waals surface area contributed by atoms with E-state index in [4.69, 9.17) is 4.74 Å². The monoisotopic (exact) mass is 353 g/mol. The molecule has 0 aromatic heterocycles. The van der Waals surface area contributed by atoms with Crippen molar-refractivity contribution in [3.05, 3.63) is 41.7 Å². The highest BCUT2D eigenvalue weighted by molar-refractivity contribution is 6.21. The normalized spacial score (nSPS) is 28.5. The van der Waals surface area contributed by atoms with Crippen LogP contribution in [0.4, 0.5) is 0 Å². The summed E-state index contributed by atoms with van der Waals surface area (Å²) in [4.78, 5) is 28.3. The van der Waals surface area contributed by atoms with E-state index < -0.39 is 5.54 Å². The third-order valence-corrected chi connectivity index (χ3v) is 6.48. The van der Waals surface area contributed by atoms with E-state index in [2.05, 4.69) is 0 Å². The summed E-state index contributed by atoms with van der Waals surface area (Å²) in [5.41, 5.74) is 0.543. The van der Waals surface area contributed by atoms with Gasteiger partial charge in [-0.2, -0.15) is 0 Å². The van der Waals surface area contributed by atoms with Gasteiger partial charge in [-0.3, -0.25) is 14.5 Å². The number of ketones is 1. The molecular formula is C22H27NO3. The van der Waals surface area contributed by atoms with Gasteiger partial charge in [0, 0.05) is 5.92 Å². The van der Waals surface area contributed by atoms with Crippen LogP contribution in [-0.4, -0.2) is 28.9 Å². The topological polar surface area (TPSA) is 46.6 Å². The van der Waals surface area contributed by atoms with Gasteiger partial charge in [0.2, 0.25) is 0 Å². The van der Waals surface area contributed by atoms with Gasteiger partial charge in [-0.1, -0.05) is 43.2 Å². The van der Waals surface area contributed by atoms with Crippen LogP contribution in [0.3, 0.4) is 0 Å². The second-order valence-corrected chi connectivity index (χ2v) is 8.42. The van der Waals surface area contributed by atoms with Gasteiger partial charge in [-0.25, -0.2) is 0 Å². The van der Waals surface area contributed by atoms with Crippen molar-refractivity contribution in [2.45, 2.75) is 52.0 Å². The fourth-order valence-electron chi connectivity index (χ4n) is 4.75. The van der Waals surface area contributed by atoms with Crippen molar-refractivity contribution in [1.29, 1.82) is 0 Å². The molecule has 4 rings (SSSR count). The molecule has 3 unspecified atom stereocenters. The number of benzene rings is 1. The molecule has 2 aliphatic carbocycles. The van der Waals surface area contributed by atoms with Gasteiger partial charge in [-0.05, 0) is 51.0 Å². The minimum atomic E-state index is -0.854. The maximum atomic E-state index is 13.4. The molecule has 1 aromatic carbocycles. The molecule has 0 radical (unpaired) electrons. The molecule has 2 fully saturated rings. The van der Waals surface area contributed by atoms with Crippen LogP contribution in [0, 0.1) is 17.8 Å². The van der Waals surface area contributed by atoms with Crippen LogP contribution in [0.25, 0.3) is 5.57 Å². The molecule has 2 saturated carbocycles. The first-order chi connectivity index (χ1) is 12.4. The molecule has 4 nitrogen and oxygen atoms in total. The summed E-state index contributed by atoms with van der Waals surface area (Å²) in [6.45, 7) is 5.72. The smallest absolute Gasteiger partial charge is 0.261 e. The summed E-state index contributed by atoms with van der Waals surface area (Å²) in [5, 5.41) is 0. The Kier molecular flexibility index (Phi) is 4.17. The van der Waals surface area contributed by atoms with Gasteiger partial charge in [0.25, 0.3) is 5.91 Å². The molecule has 0 N–H and O–H groups in total. The molecule has 138 valence electrons. The number of Topliss-reactive ketones (excluding diaryl/α,β-unsaturated/α-hetero) is 1. The molecule has 1 amide bonds. The minimum Gasteiger partial charge on any atom is -0.477 e. The first-order valence-corrected chi connectivity index (χ1v) is 9.66. The zero-order valence-corrected chi connectivity index (χ0v) is 15.8. The molecule has 4 heteroatoms. The fourth-order valence-corrected chi connectivity index (χ4v) is 4.75. The summed E-state index contributed by atoms with van der Waals surface area (Å²) in [5.74, 6) is 2.10. The zero-order valence-electron chi connectivity index (χ0n) is 15.8. The first kappa shape index (κ1) is 17.3. The summed E-state index contributed by atoms with van der Waals surface area (Å²) in [6.07, 6.45) is 4.55. The third kappa shape index (κ3) is 2.76. The van der Waals surface area contributed by atoms with Gasteiger partial charge in [0.1, 0.15) is 5.76 Å². The lowest BCUT2D eigenvalue weighted by Gasteiger charge is -2.42. The lowest BCUT2D eigenvalue weighted by atomic mass is 9.78. The SMILES string of the molecule is CC1=C(c2ccccc2)C(=O)N(C(C)(C)C(=O)C2CCCC3CC32)CO1. The summed E-state index contributed by atoms with van der Waals surface area (Å²) < 4.78 is 5.82. The Balaban J connectivity index is 1.61. The van der Waals surface area contributed by atoms with Crippen molar-refractivity contribution in [2.75, 3.05) is 6.73 Å². The number of fused-ring (bicyclic) bond motifs is 1. The number of carbonyl (C=O) groups is 2. The number of nitrogens with zero attached hydrogens (tertiary/aromatic N) is 1. The molecule has 0 bridgehead atoms. The van der Waals surface area contributed by atoms with Crippen LogP contribution in [0.5, 0.6) is 0 Å². The Hall–Kier alpha value is -2.10. The Morgan fingerprint density at radius 1 is 1.19 bits per heavy atom. The van der Waals surface area contributed by atoms with Crippen molar-refractivity contribution >= 4 is 17.3 Å². The average molecular weight is 353 g/mol. The van der Waals surface area contributed by atoms with E-state index in [-0.39, 0.29) is 24.3 Å². The van der Waals surface area contributed by atoms with Crippen LogP contribution >= 0.6 is 0 Å². The van der Waals surface area contributed by atoms with Crippen LogP contribution < -0.4 is 0 Å². The van der Waals surface area contributed by atoms with Crippen molar-refractivity contribution < 1.29 is 14.3 Å². The molecule has 1 aliphatic heterocycles. The maximum Gasteiger partial charge on any atom is 0.261 e. The molecule has 26 heavy (non-hydrogen) atoms. The van der Waals surface area contributed by atoms with Crippen LogP contribution in [0.2, 0.25) is 0 Å². The number of hydrogen-bond donors (Lipinski definition) is 0. The van der Waals surface area contributed by atoms with E-state index in [1.54, 1.807) is 4.90 Å². The van der Waals surface area contributed by atoms with E-state index in [0.717, 1.165) is 24.3 Å². The summed E-state index contributed by atoms with van der Waals surface area (Å²) in [6, 6.07) is 9.57. The number of ether oxygens (including phenoxy) is 1.